The second kappa shape index (κ2) is 7.72. The average molecular weight is 396 g/mol. The minimum atomic E-state index is -0.467. The predicted molar refractivity (Wildman–Crippen MR) is 116 cm³/mol. The van der Waals surface area contributed by atoms with Crippen LogP contribution in [0.3, 0.4) is 0 Å². The highest BCUT2D eigenvalue weighted by atomic mass is 32.1. The lowest BCUT2D eigenvalue weighted by Gasteiger charge is -2.29. The molecule has 1 aliphatic heterocycles. The van der Waals surface area contributed by atoms with Crippen LogP contribution in [0.1, 0.15) is 49.3 Å². The fourth-order valence-electron chi connectivity index (χ4n) is 3.67. The molecule has 28 heavy (non-hydrogen) atoms. The van der Waals surface area contributed by atoms with Crippen molar-refractivity contribution >= 4 is 40.9 Å². The lowest BCUT2D eigenvalue weighted by atomic mass is 10.1. The second-order valence-corrected chi connectivity index (χ2v) is 7.65. The standard InChI is InChI=1S/C22H25N3O2S/c1-6-16-7-9-18(10-8-16)25-21(27)19(20(26)23-22(25)28)12-17-11-14(4)24(13(2)3)15(17)5/h7-13H,6H2,1-5H3,(H,23,26,28)/b19-12+. The molecule has 6 heteroatoms. The van der Waals surface area contributed by atoms with E-state index in [9.17, 15) is 9.59 Å². The Morgan fingerprint density at radius 1 is 1.14 bits per heavy atom. The molecule has 0 atom stereocenters. The predicted octanol–water partition coefficient (Wildman–Crippen LogP) is 4.08. The van der Waals surface area contributed by atoms with Gasteiger partial charge in [0.1, 0.15) is 5.57 Å². The van der Waals surface area contributed by atoms with Crippen LogP contribution in [0.15, 0.2) is 35.9 Å². The first-order valence-corrected chi connectivity index (χ1v) is 9.84. The van der Waals surface area contributed by atoms with Gasteiger partial charge in [-0.05, 0) is 81.7 Å². The molecule has 3 rings (SSSR count). The average Bonchev–Trinajstić information content (AvgIpc) is 2.92. The number of nitrogens with one attached hydrogen (secondary N) is 1. The van der Waals surface area contributed by atoms with Gasteiger partial charge in [0.05, 0.1) is 5.69 Å². The zero-order valence-corrected chi connectivity index (χ0v) is 17.7. The third kappa shape index (κ3) is 3.52. The fourth-order valence-corrected chi connectivity index (χ4v) is 3.95. The Hall–Kier alpha value is -2.73. The van der Waals surface area contributed by atoms with Crippen LogP contribution in [0.2, 0.25) is 0 Å². The van der Waals surface area contributed by atoms with Crippen LogP contribution in [0.5, 0.6) is 0 Å². The van der Waals surface area contributed by atoms with Crippen molar-refractivity contribution in [2.24, 2.45) is 0 Å². The summed E-state index contributed by atoms with van der Waals surface area (Å²) in [4.78, 5) is 27.0. The fraction of sp³-hybridized carbons (Fsp3) is 0.318. The van der Waals surface area contributed by atoms with E-state index < -0.39 is 11.8 Å². The summed E-state index contributed by atoms with van der Waals surface area (Å²) in [7, 11) is 0. The number of nitrogens with zero attached hydrogens (tertiary/aromatic N) is 2. The molecule has 0 unspecified atom stereocenters. The number of thiocarbonyl (C=S) groups is 1. The molecule has 0 aliphatic carbocycles. The lowest BCUT2D eigenvalue weighted by Crippen LogP contribution is -2.54. The minimum absolute atomic E-state index is 0.0807. The maximum atomic E-state index is 13.1. The Morgan fingerprint density at radius 2 is 1.79 bits per heavy atom. The normalized spacial score (nSPS) is 16.3. The number of aryl methyl sites for hydroxylation is 2. The van der Waals surface area contributed by atoms with Gasteiger partial charge >= 0.3 is 0 Å². The van der Waals surface area contributed by atoms with E-state index in [1.165, 1.54) is 10.5 Å². The molecule has 1 saturated heterocycles. The van der Waals surface area contributed by atoms with Gasteiger partial charge < -0.3 is 4.57 Å². The Kier molecular flexibility index (Phi) is 5.52. The van der Waals surface area contributed by atoms with Crippen molar-refractivity contribution < 1.29 is 9.59 Å². The zero-order chi connectivity index (χ0) is 20.6. The summed E-state index contributed by atoms with van der Waals surface area (Å²) in [5, 5.41) is 2.74. The highest BCUT2D eigenvalue weighted by Crippen LogP contribution is 2.26. The molecular weight excluding hydrogens is 370 g/mol. The van der Waals surface area contributed by atoms with Crippen LogP contribution in [0.4, 0.5) is 5.69 Å². The molecule has 1 N–H and O–H groups in total. The third-order valence-corrected chi connectivity index (χ3v) is 5.33. The Balaban J connectivity index is 2.02. The number of benzene rings is 1. The van der Waals surface area contributed by atoms with Gasteiger partial charge in [-0.2, -0.15) is 0 Å². The largest absolute Gasteiger partial charge is 0.346 e. The molecule has 146 valence electrons. The number of rotatable bonds is 4. The van der Waals surface area contributed by atoms with E-state index >= 15 is 0 Å². The topological polar surface area (TPSA) is 54.3 Å². The van der Waals surface area contributed by atoms with Gasteiger partial charge in [0.2, 0.25) is 0 Å². The van der Waals surface area contributed by atoms with Crippen LogP contribution in [-0.2, 0) is 16.0 Å². The van der Waals surface area contributed by atoms with E-state index in [4.69, 9.17) is 12.2 Å². The van der Waals surface area contributed by atoms with Crippen molar-refractivity contribution in [2.45, 2.75) is 47.1 Å². The number of aromatic nitrogens is 1. The first kappa shape index (κ1) is 20.0. The number of carbonyl (C=O) groups is 2. The zero-order valence-electron chi connectivity index (χ0n) is 16.9. The summed E-state index contributed by atoms with van der Waals surface area (Å²) >= 11 is 5.27. The molecule has 0 bridgehead atoms. The van der Waals surface area contributed by atoms with Gasteiger partial charge in [-0.3, -0.25) is 19.8 Å². The molecule has 2 heterocycles. The van der Waals surface area contributed by atoms with E-state index in [0.29, 0.717) is 11.7 Å². The molecule has 5 nitrogen and oxygen atoms in total. The van der Waals surface area contributed by atoms with Crippen molar-refractivity contribution in [3.8, 4) is 0 Å². The number of hydrogen-bond donors (Lipinski definition) is 1. The van der Waals surface area contributed by atoms with E-state index in [-0.39, 0.29) is 10.7 Å². The molecular formula is C22H25N3O2S. The van der Waals surface area contributed by atoms with Crippen LogP contribution in [-0.4, -0.2) is 21.5 Å². The molecule has 0 saturated carbocycles. The SMILES string of the molecule is CCc1ccc(N2C(=O)/C(=C/c3cc(C)n(C(C)C)c3C)C(=O)NC2=S)cc1. The van der Waals surface area contributed by atoms with Crippen molar-refractivity contribution in [1.29, 1.82) is 0 Å². The van der Waals surface area contributed by atoms with Gasteiger partial charge in [0, 0.05) is 17.4 Å². The van der Waals surface area contributed by atoms with Crippen LogP contribution >= 0.6 is 12.2 Å². The maximum Gasteiger partial charge on any atom is 0.270 e. The molecule has 1 aliphatic rings. The third-order valence-electron chi connectivity index (χ3n) is 5.04. The number of amides is 2. The number of anilines is 1. The van der Waals surface area contributed by atoms with E-state index in [2.05, 4.69) is 30.7 Å². The number of hydrogen-bond acceptors (Lipinski definition) is 3. The van der Waals surface area contributed by atoms with Gasteiger partial charge in [0.25, 0.3) is 11.8 Å². The highest BCUT2D eigenvalue weighted by Gasteiger charge is 2.34. The smallest absolute Gasteiger partial charge is 0.270 e. The van der Waals surface area contributed by atoms with Crippen molar-refractivity contribution in [3.05, 3.63) is 58.4 Å². The lowest BCUT2D eigenvalue weighted by molar-refractivity contribution is -0.122. The van der Waals surface area contributed by atoms with Gasteiger partial charge in [-0.25, -0.2) is 0 Å². The van der Waals surface area contributed by atoms with E-state index in [1.54, 1.807) is 6.08 Å². The Morgan fingerprint density at radius 3 is 2.32 bits per heavy atom. The Bertz CT molecular complexity index is 984. The van der Waals surface area contributed by atoms with Gasteiger partial charge in [-0.1, -0.05) is 19.1 Å². The monoisotopic (exact) mass is 395 g/mol. The van der Waals surface area contributed by atoms with Crippen molar-refractivity contribution in [1.82, 2.24) is 9.88 Å². The van der Waals surface area contributed by atoms with Gasteiger partial charge in [-0.15, -0.1) is 0 Å². The molecule has 1 fully saturated rings. The summed E-state index contributed by atoms with van der Waals surface area (Å²) in [5.41, 5.74) is 4.86. The minimum Gasteiger partial charge on any atom is -0.346 e. The summed E-state index contributed by atoms with van der Waals surface area (Å²) in [6, 6.07) is 9.91. The Labute approximate surface area is 171 Å². The number of carbonyl (C=O) groups excluding carboxylic acids is 2. The van der Waals surface area contributed by atoms with Crippen LogP contribution < -0.4 is 10.2 Å². The molecule has 0 radical (unpaired) electrons. The first-order valence-electron chi connectivity index (χ1n) is 9.43. The van der Waals surface area contributed by atoms with E-state index in [0.717, 1.165) is 23.4 Å². The summed E-state index contributed by atoms with van der Waals surface area (Å²) in [5.74, 6) is -0.877. The molecule has 1 aromatic carbocycles. The molecule has 1 aromatic heterocycles. The van der Waals surface area contributed by atoms with Crippen LogP contribution in [0.25, 0.3) is 6.08 Å². The molecule has 2 aromatic rings. The molecule has 2 amide bonds. The summed E-state index contributed by atoms with van der Waals surface area (Å²) < 4.78 is 2.18. The first-order chi connectivity index (χ1) is 13.2. The van der Waals surface area contributed by atoms with Crippen molar-refractivity contribution in [3.63, 3.8) is 0 Å². The highest BCUT2D eigenvalue weighted by molar-refractivity contribution is 7.80. The summed E-state index contributed by atoms with van der Waals surface area (Å²) in [6.45, 7) is 10.3. The summed E-state index contributed by atoms with van der Waals surface area (Å²) in [6.07, 6.45) is 2.57. The quantitative estimate of drug-likeness (QED) is 0.482. The molecule has 0 spiro atoms. The van der Waals surface area contributed by atoms with Crippen LogP contribution in [0, 0.1) is 13.8 Å². The maximum absolute atomic E-state index is 13.1. The second-order valence-electron chi connectivity index (χ2n) is 7.27. The van der Waals surface area contributed by atoms with Gasteiger partial charge in [0.15, 0.2) is 5.11 Å². The van der Waals surface area contributed by atoms with Crippen molar-refractivity contribution in [2.75, 3.05) is 4.90 Å². The van der Waals surface area contributed by atoms with E-state index in [1.807, 2.05) is 44.2 Å².